The van der Waals surface area contributed by atoms with E-state index in [9.17, 15) is 4.39 Å². The van der Waals surface area contributed by atoms with E-state index in [1.165, 1.54) is 56.9 Å². The van der Waals surface area contributed by atoms with E-state index in [1.807, 2.05) is 13.8 Å². The summed E-state index contributed by atoms with van der Waals surface area (Å²) in [5, 5.41) is 0. The summed E-state index contributed by atoms with van der Waals surface area (Å²) in [7, 11) is 0. The van der Waals surface area contributed by atoms with E-state index in [-0.39, 0.29) is 5.82 Å². The first-order valence-electron chi connectivity index (χ1n) is 9.31. The van der Waals surface area contributed by atoms with Crippen molar-refractivity contribution in [1.82, 2.24) is 0 Å². The van der Waals surface area contributed by atoms with Gasteiger partial charge >= 0.3 is 0 Å². The van der Waals surface area contributed by atoms with Gasteiger partial charge in [0, 0.05) is 0 Å². The average molecular weight is 302 g/mol. The second-order valence-electron chi connectivity index (χ2n) is 8.08. The molecule has 0 spiro atoms. The molecule has 122 valence electrons. The van der Waals surface area contributed by atoms with Gasteiger partial charge < -0.3 is 0 Å². The maximum Gasteiger partial charge on any atom is 0.126 e. The molecule has 0 aromatic heterocycles. The van der Waals surface area contributed by atoms with Crippen molar-refractivity contribution in [2.75, 3.05) is 0 Å². The smallest absolute Gasteiger partial charge is 0.126 e. The lowest BCUT2D eigenvalue weighted by molar-refractivity contribution is 0.165. The number of hydrogen-bond donors (Lipinski definition) is 0. The summed E-state index contributed by atoms with van der Waals surface area (Å²) < 4.78 is 14.0. The molecule has 2 aliphatic rings. The number of hydrogen-bond acceptors (Lipinski definition) is 0. The van der Waals surface area contributed by atoms with Gasteiger partial charge in [-0.05, 0) is 98.8 Å². The van der Waals surface area contributed by atoms with Crippen molar-refractivity contribution in [2.45, 2.75) is 78.1 Å². The van der Waals surface area contributed by atoms with E-state index in [2.05, 4.69) is 13.0 Å². The normalized spacial score (nSPS) is 32.9. The van der Waals surface area contributed by atoms with E-state index in [0.29, 0.717) is 5.92 Å². The molecule has 0 heterocycles. The van der Waals surface area contributed by atoms with E-state index in [4.69, 9.17) is 0 Å². The maximum absolute atomic E-state index is 14.0. The highest BCUT2D eigenvalue weighted by molar-refractivity contribution is 5.33. The fourth-order valence-electron chi connectivity index (χ4n) is 4.76. The topological polar surface area (TPSA) is 0 Å². The Balaban J connectivity index is 1.60. The average Bonchev–Trinajstić information content (AvgIpc) is 2.53. The first kappa shape index (κ1) is 16.0. The molecule has 0 aliphatic heterocycles. The van der Waals surface area contributed by atoms with Crippen molar-refractivity contribution in [3.63, 3.8) is 0 Å². The van der Waals surface area contributed by atoms with Crippen molar-refractivity contribution in [3.8, 4) is 0 Å². The highest BCUT2D eigenvalue weighted by atomic mass is 19.1. The van der Waals surface area contributed by atoms with Crippen LogP contribution in [-0.2, 0) is 0 Å². The molecule has 0 nitrogen and oxygen atoms in total. The summed E-state index contributed by atoms with van der Waals surface area (Å²) >= 11 is 0. The minimum absolute atomic E-state index is 0.0154. The molecule has 1 aromatic carbocycles. The summed E-state index contributed by atoms with van der Waals surface area (Å²) in [6, 6.07) is 4.03. The second-order valence-corrected chi connectivity index (χ2v) is 8.08. The Morgan fingerprint density at radius 3 is 1.91 bits per heavy atom. The summed E-state index contributed by atoms with van der Waals surface area (Å²) in [4.78, 5) is 0. The Labute approximate surface area is 135 Å². The van der Waals surface area contributed by atoms with Crippen molar-refractivity contribution >= 4 is 0 Å². The minimum Gasteiger partial charge on any atom is -0.207 e. The predicted octanol–water partition coefficient (Wildman–Crippen LogP) is 6.54. The molecule has 0 unspecified atom stereocenters. The van der Waals surface area contributed by atoms with Crippen LogP contribution in [0, 0.1) is 37.4 Å². The Morgan fingerprint density at radius 2 is 1.36 bits per heavy atom. The van der Waals surface area contributed by atoms with Crippen LogP contribution < -0.4 is 0 Å². The standard InChI is InChI=1S/C21H31F/c1-14-4-6-17(7-5-14)18-8-10-19(11-9-18)20-12-15(2)16(3)21(22)13-20/h12-14,17-19H,4-11H2,1-3H3. The first-order chi connectivity index (χ1) is 10.5. The fraction of sp³-hybridized carbons (Fsp3) is 0.714. The van der Waals surface area contributed by atoms with E-state index in [1.54, 1.807) is 6.07 Å². The van der Waals surface area contributed by atoms with Crippen LogP contribution in [0.1, 0.15) is 80.9 Å². The van der Waals surface area contributed by atoms with Crippen LogP contribution in [0.3, 0.4) is 0 Å². The van der Waals surface area contributed by atoms with Gasteiger partial charge in [0.2, 0.25) is 0 Å². The summed E-state index contributed by atoms with van der Waals surface area (Å²) in [5.74, 6) is 3.45. The lowest BCUT2D eigenvalue weighted by Gasteiger charge is -2.37. The summed E-state index contributed by atoms with van der Waals surface area (Å²) in [5.41, 5.74) is 3.17. The Kier molecular flexibility index (Phi) is 4.90. The lowest BCUT2D eigenvalue weighted by Crippen LogP contribution is -2.24. The molecule has 1 aromatic rings. The Bertz CT molecular complexity index is 480. The van der Waals surface area contributed by atoms with Gasteiger partial charge in [0.1, 0.15) is 5.82 Å². The van der Waals surface area contributed by atoms with Gasteiger partial charge in [-0.2, -0.15) is 0 Å². The van der Waals surface area contributed by atoms with Crippen LogP contribution in [0.15, 0.2) is 12.1 Å². The third-order valence-corrected chi connectivity index (χ3v) is 6.60. The minimum atomic E-state index is -0.0154. The van der Waals surface area contributed by atoms with Gasteiger partial charge in [-0.1, -0.05) is 25.8 Å². The van der Waals surface area contributed by atoms with Crippen LogP contribution in [0.2, 0.25) is 0 Å². The predicted molar refractivity (Wildman–Crippen MR) is 91.7 cm³/mol. The highest BCUT2D eigenvalue weighted by Gasteiger charge is 2.30. The lowest BCUT2D eigenvalue weighted by atomic mass is 9.68. The van der Waals surface area contributed by atoms with E-state index in [0.717, 1.165) is 28.9 Å². The number of halogens is 1. The quantitative estimate of drug-likeness (QED) is 0.581. The molecule has 0 atom stereocenters. The van der Waals surface area contributed by atoms with Crippen LogP contribution >= 0.6 is 0 Å². The first-order valence-corrected chi connectivity index (χ1v) is 9.31. The third kappa shape index (κ3) is 3.39. The summed E-state index contributed by atoms with van der Waals surface area (Å²) in [6.45, 7) is 6.33. The number of rotatable bonds is 2. The molecular weight excluding hydrogens is 271 g/mol. The van der Waals surface area contributed by atoms with Gasteiger partial charge in [0.25, 0.3) is 0 Å². The largest absolute Gasteiger partial charge is 0.207 e. The van der Waals surface area contributed by atoms with E-state index < -0.39 is 0 Å². The molecule has 3 rings (SSSR count). The van der Waals surface area contributed by atoms with Crippen LogP contribution in [-0.4, -0.2) is 0 Å². The Morgan fingerprint density at radius 1 is 0.818 bits per heavy atom. The maximum atomic E-state index is 14.0. The van der Waals surface area contributed by atoms with Gasteiger partial charge in [0.05, 0.1) is 0 Å². The molecular formula is C21H31F. The van der Waals surface area contributed by atoms with Gasteiger partial charge in [-0.3, -0.25) is 0 Å². The highest BCUT2D eigenvalue weighted by Crippen LogP contribution is 2.44. The molecule has 0 bridgehead atoms. The molecule has 2 aliphatic carbocycles. The third-order valence-electron chi connectivity index (χ3n) is 6.60. The zero-order valence-electron chi connectivity index (χ0n) is 14.5. The fourth-order valence-corrected chi connectivity index (χ4v) is 4.76. The van der Waals surface area contributed by atoms with Crippen LogP contribution in [0.5, 0.6) is 0 Å². The molecule has 22 heavy (non-hydrogen) atoms. The molecule has 0 N–H and O–H groups in total. The van der Waals surface area contributed by atoms with Crippen molar-refractivity contribution in [3.05, 3.63) is 34.6 Å². The van der Waals surface area contributed by atoms with Crippen molar-refractivity contribution < 1.29 is 4.39 Å². The van der Waals surface area contributed by atoms with Gasteiger partial charge in [0.15, 0.2) is 0 Å². The zero-order chi connectivity index (χ0) is 15.7. The summed E-state index contributed by atoms with van der Waals surface area (Å²) in [6.07, 6.45) is 11.0. The van der Waals surface area contributed by atoms with Gasteiger partial charge in [-0.15, -0.1) is 0 Å². The van der Waals surface area contributed by atoms with Crippen LogP contribution in [0.25, 0.3) is 0 Å². The zero-order valence-corrected chi connectivity index (χ0v) is 14.5. The molecule has 1 heteroatoms. The van der Waals surface area contributed by atoms with Gasteiger partial charge in [-0.25, -0.2) is 4.39 Å². The van der Waals surface area contributed by atoms with Crippen molar-refractivity contribution in [2.24, 2.45) is 17.8 Å². The van der Waals surface area contributed by atoms with Crippen LogP contribution in [0.4, 0.5) is 4.39 Å². The molecule has 2 saturated carbocycles. The van der Waals surface area contributed by atoms with E-state index >= 15 is 0 Å². The second kappa shape index (κ2) is 6.72. The SMILES string of the molecule is Cc1cc(C2CCC(C3CCC(C)CC3)CC2)cc(F)c1C. The monoisotopic (exact) mass is 302 g/mol. The molecule has 0 saturated heterocycles. The molecule has 2 fully saturated rings. The molecule has 0 radical (unpaired) electrons. The molecule has 0 amide bonds. The number of aryl methyl sites for hydroxylation is 1. The Hall–Kier alpha value is -0.850. The van der Waals surface area contributed by atoms with Crippen molar-refractivity contribution in [1.29, 1.82) is 0 Å². The number of benzene rings is 1.